The molecular weight excluding hydrogens is 380 g/mol. The van der Waals surface area contributed by atoms with Crippen molar-refractivity contribution in [3.05, 3.63) is 54.9 Å². The summed E-state index contributed by atoms with van der Waals surface area (Å²) < 4.78 is 5.42. The van der Waals surface area contributed by atoms with Gasteiger partial charge in [-0.25, -0.2) is 4.98 Å². The fourth-order valence-corrected chi connectivity index (χ4v) is 3.23. The van der Waals surface area contributed by atoms with Gasteiger partial charge >= 0.3 is 0 Å². The van der Waals surface area contributed by atoms with Gasteiger partial charge in [0.1, 0.15) is 5.82 Å². The smallest absolute Gasteiger partial charge is 0.225 e. The van der Waals surface area contributed by atoms with Crippen molar-refractivity contribution in [2.45, 2.75) is 13.0 Å². The average Bonchev–Trinajstić information content (AvgIpc) is 2.80. The van der Waals surface area contributed by atoms with E-state index in [9.17, 15) is 5.11 Å². The molecule has 1 aliphatic rings. The van der Waals surface area contributed by atoms with Crippen molar-refractivity contribution in [3.63, 3.8) is 0 Å². The molecule has 3 heterocycles. The summed E-state index contributed by atoms with van der Waals surface area (Å²) in [5.74, 6) is 1.11. The molecule has 0 bridgehead atoms. The maximum Gasteiger partial charge on any atom is 0.225 e. The number of aliphatic hydroxyl groups excluding tert-OH is 1. The molecule has 8 nitrogen and oxygen atoms in total. The third kappa shape index (κ3) is 5.03. The molecule has 156 valence electrons. The number of aliphatic hydroxyl groups is 1. The Morgan fingerprint density at radius 1 is 1.13 bits per heavy atom. The van der Waals surface area contributed by atoms with E-state index < -0.39 is 0 Å². The number of nitrogens with zero attached hydrogens (tertiary/aromatic N) is 4. The first kappa shape index (κ1) is 20.1. The van der Waals surface area contributed by atoms with Gasteiger partial charge in [-0.05, 0) is 43.3 Å². The van der Waals surface area contributed by atoms with Crippen LogP contribution in [0.4, 0.5) is 23.1 Å². The minimum absolute atomic E-state index is 0.00769. The van der Waals surface area contributed by atoms with Gasteiger partial charge in [-0.2, -0.15) is 4.98 Å². The zero-order valence-corrected chi connectivity index (χ0v) is 17.0. The summed E-state index contributed by atoms with van der Waals surface area (Å²) in [5, 5.41) is 15.9. The van der Waals surface area contributed by atoms with Crippen LogP contribution in [0.15, 0.2) is 54.9 Å². The van der Waals surface area contributed by atoms with E-state index in [1.54, 1.807) is 12.4 Å². The summed E-state index contributed by atoms with van der Waals surface area (Å²) in [6.45, 7) is 5.21. The second-order valence-electron chi connectivity index (χ2n) is 7.20. The maximum atomic E-state index is 9.36. The molecule has 0 unspecified atom stereocenters. The molecule has 1 saturated heterocycles. The van der Waals surface area contributed by atoms with Crippen LogP contribution in [-0.2, 0) is 4.74 Å². The van der Waals surface area contributed by atoms with Crippen LogP contribution in [0, 0.1) is 0 Å². The van der Waals surface area contributed by atoms with Gasteiger partial charge < -0.3 is 25.4 Å². The highest BCUT2D eigenvalue weighted by Gasteiger charge is 2.12. The molecule has 3 N–H and O–H groups in total. The van der Waals surface area contributed by atoms with Crippen molar-refractivity contribution in [2.24, 2.45) is 0 Å². The van der Waals surface area contributed by atoms with Gasteiger partial charge in [0.2, 0.25) is 5.95 Å². The lowest BCUT2D eigenvalue weighted by atomic mass is 10.2. The van der Waals surface area contributed by atoms with Crippen LogP contribution in [0.3, 0.4) is 0 Å². The van der Waals surface area contributed by atoms with Crippen molar-refractivity contribution < 1.29 is 9.84 Å². The summed E-state index contributed by atoms with van der Waals surface area (Å²) >= 11 is 0. The van der Waals surface area contributed by atoms with Crippen LogP contribution >= 0.6 is 0 Å². The number of pyridine rings is 1. The van der Waals surface area contributed by atoms with Crippen LogP contribution in [-0.4, -0.2) is 59.0 Å². The van der Waals surface area contributed by atoms with Crippen LogP contribution < -0.4 is 15.5 Å². The van der Waals surface area contributed by atoms with E-state index in [0.29, 0.717) is 11.8 Å². The molecule has 1 aromatic carbocycles. The van der Waals surface area contributed by atoms with Crippen LogP contribution in [0.1, 0.15) is 6.92 Å². The van der Waals surface area contributed by atoms with Crippen molar-refractivity contribution in [1.29, 1.82) is 0 Å². The minimum atomic E-state index is -0.158. The molecule has 2 aromatic heterocycles. The molecule has 1 atom stereocenters. The topological polar surface area (TPSA) is 95.4 Å². The zero-order chi connectivity index (χ0) is 20.8. The Morgan fingerprint density at radius 3 is 2.63 bits per heavy atom. The normalized spacial score (nSPS) is 14.9. The van der Waals surface area contributed by atoms with Gasteiger partial charge in [-0.15, -0.1) is 0 Å². The maximum absolute atomic E-state index is 9.36. The molecule has 4 rings (SSSR count). The lowest BCUT2D eigenvalue weighted by molar-refractivity contribution is 0.122. The summed E-state index contributed by atoms with van der Waals surface area (Å²) in [6.07, 6.45) is 3.50. The molecule has 1 fully saturated rings. The number of hydrogen-bond acceptors (Lipinski definition) is 8. The van der Waals surface area contributed by atoms with E-state index in [0.717, 1.165) is 43.2 Å². The number of benzene rings is 1. The van der Waals surface area contributed by atoms with Gasteiger partial charge in [0.25, 0.3) is 0 Å². The van der Waals surface area contributed by atoms with Gasteiger partial charge in [-0.1, -0.05) is 0 Å². The largest absolute Gasteiger partial charge is 0.394 e. The molecule has 3 aromatic rings. The monoisotopic (exact) mass is 406 g/mol. The van der Waals surface area contributed by atoms with E-state index in [2.05, 4.69) is 42.6 Å². The van der Waals surface area contributed by atoms with Gasteiger partial charge in [0.15, 0.2) is 0 Å². The van der Waals surface area contributed by atoms with E-state index in [1.165, 1.54) is 5.69 Å². The first-order chi connectivity index (χ1) is 14.7. The van der Waals surface area contributed by atoms with E-state index >= 15 is 0 Å². The highest BCUT2D eigenvalue weighted by molar-refractivity contribution is 5.68. The highest BCUT2D eigenvalue weighted by atomic mass is 16.5. The van der Waals surface area contributed by atoms with Crippen molar-refractivity contribution in [2.75, 3.05) is 48.4 Å². The predicted octanol–water partition coefficient (Wildman–Crippen LogP) is 2.91. The number of ether oxygens (including phenoxy) is 1. The Hall–Kier alpha value is -3.23. The van der Waals surface area contributed by atoms with Crippen LogP contribution in [0.5, 0.6) is 0 Å². The number of hydrogen-bond donors (Lipinski definition) is 3. The Balaban J connectivity index is 1.57. The third-order valence-electron chi connectivity index (χ3n) is 4.85. The summed E-state index contributed by atoms with van der Waals surface area (Å²) in [6, 6.07) is 13.8. The Kier molecular flexibility index (Phi) is 6.36. The second-order valence-corrected chi connectivity index (χ2v) is 7.20. The number of rotatable bonds is 7. The zero-order valence-electron chi connectivity index (χ0n) is 17.0. The molecular formula is C22H26N6O2. The highest BCUT2D eigenvalue weighted by Crippen LogP contribution is 2.25. The molecule has 1 aliphatic heterocycles. The first-order valence-electron chi connectivity index (χ1n) is 10.1. The van der Waals surface area contributed by atoms with E-state index in [-0.39, 0.29) is 12.6 Å². The summed E-state index contributed by atoms with van der Waals surface area (Å²) in [4.78, 5) is 15.6. The SMILES string of the molecule is C[C@H](CO)Nc1nc(Nc2ccc(N3CCOCC3)cc2)cc(-c2cccnc2)n1. The van der Waals surface area contributed by atoms with Gasteiger partial charge in [0.05, 0.1) is 25.5 Å². The molecule has 0 saturated carbocycles. The summed E-state index contributed by atoms with van der Waals surface area (Å²) in [7, 11) is 0. The Morgan fingerprint density at radius 2 is 1.93 bits per heavy atom. The molecule has 8 heteroatoms. The van der Waals surface area contributed by atoms with E-state index in [4.69, 9.17) is 4.74 Å². The average molecular weight is 406 g/mol. The minimum Gasteiger partial charge on any atom is -0.394 e. The number of morpholine rings is 1. The predicted molar refractivity (Wildman–Crippen MR) is 118 cm³/mol. The van der Waals surface area contributed by atoms with Crippen molar-refractivity contribution >= 4 is 23.1 Å². The van der Waals surface area contributed by atoms with E-state index in [1.807, 2.05) is 37.3 Å². The fourth-order valence-electron chi connectivity index (χ4n) is 3.23. The van der Waals surface area contributed by atoms with Gasteiger partial charge in [0, 0.05) is 54.5 Å². The Bertz CT molecular complexity index is 946. The lowest BCUT2D eigenvalue weighted by Crippen LogP contribution is -2.36. The van der Waals surface area contributed by atoms with Crippen LogP contribution in [0.25, 0.3) is 11.3 Å². The number of aromatic nitrogens is 3. The van der Waals surface area contributed by atoms with Crippen LogP contribution in [0.2, 0.25) is 0 Å². The molecule has 0 amide bonds. The second kappa shape index (κ2) is 9.51. The molecule has 30 heavy (non-hydrogen) atoms. The standard InChI is InChI=1S/C22H26N6O2/c1-16(15-29)24-22-26-20(17-3-2-8-23-14-17)13-21(27-22)25-18-4-6-19(7-5-18)28-9-11-30-12-10-28/h2-8,13-14,16,29H,9-12,15H2,1H3,(H2,24,25,26,27)/t16-/m1/s1. The third-order valence-corrected chi connectivity index (χ3v) is 4.85. The molecule has 0 radical (unpaired) electrons. The lowest BCUT2D eigenvalue weighted by Gasteiger charge is -2.28. The molecule has 0 spiro atoms. The number of nitrogens with one attached hydrogen (secondary N) is 2. The molecule has 0 aliphatic carbocycles. The van der Waals surface area contributed by atoms with Gasteiger partial charge in [-0.3, -0.25) is 4.98 Å². The number of anilines is 4. The van der Waals surface area contributed by atoms with Crippen molar-refractivity contribution in [1.82, 2.24) is 15.0 Å². The summed E-state index contributed by atoms with van der Waals surface area (Å²) in [5.41, 5.74) is 3.76. The Labute approximate surface area is 176 Å². The fraction of sp³-hybridized carbons (Fsp3) is 0.318. The van der Waals surface area contributed by atoms with Crippen molar-refractivity contribution in [3.8, 4) is 11.3 Å². The quantitative estimate of drug-likeness (QED) is 0.551. The first-order valence-corrected chi connectivity index (χ1v) is 10.1.